The summed E-state index contributed by atoms with van der Waals surface area (Å²) in [4.78, 5) is 21.1. The number of hydrogen-bond donors (Lipinski definition) is 2. The number of fused-ring (bicyclic) bond motifs is 2. The van der Waals surface area contributed by atoms with Crippen molar-refractivity contribution < 1.29 is 33.7 Å². The van der Waals surface area contributed by atoms with Gasteiger partial charge < -0.3 is 24.6 Å². The molecular weight excluding hydrogens is 585 g/mol. The summed E-state index contributed by atoms with van der Waals surface area (Å²) in [5.41, 5.74) is 11.1. The first-order valence-corrected chi connectivity index (χ1v) is 15.7. The largest absolute Gasteiger partial charge is 0.496 e. The van der Waals surface area contributed by atoms with E-state index in [4.69, 9.17) is 24.5 Å². The van der Waals surface area contributed by atoms with E-state index in [0.29, 0.717) is 17.9 Å². The number of carbonyl (C=O) groups excluding carboxylic acids is 1. The van der Waals surface area contributed by atoms with Gasteiger partial charge in [-0.05, 0) is 150 Å². The molecule has 252 valence electrons. The maximum absolute atomic E-state index is 15.0. The average Bonchev–Trinajstić information content (AvgIpc) is 3.21. The van der Waals surface area contributed by atoms with Gasteiger partial charge in [0.25, 0.3) is 6.47 Å². The van der Waals surface area contributed by atoms with E-state index in [9.17, 15) is 9.18 Å². The fourth-order valence-electron chi connectivity index (χ4n) is 5.92. The molecule has 0 fully saturated rings. The molecule has 0 radical (unpaired) electrons. The molecular formula is C38H52FNO6. The van der Waals surface area contributed by atoms with E-state index < -0.39 is 5.60 Å². The zero-order chi connectivity index (χ0) is 35.0. The van der Waals surface area contributed by atoms with E-state index >= 15 is 0 Å². The predicted octanol–water partition coefficient (Wildman–Crippen LogP) is 8.06. The van der Waals surface area contributed by atoms with Crippen LogP contribution in [0.2, 0.25) is 0 Å². The van der Waals surface area contributed by atoms with Crippen LogP contribution in [-0.2, 0) is 24.1 Å². The zero-order valence-electron chi connectivity index (χ0n) is 29.4. The minimum atomic E-state index is -0.500. The van der Waals surface area contributed by atoms with Gasteiger partial charge in [0, 0.05) is 29.4 Å². The molecule has 3 aromatic rings. The van der Waals surface area contributed by atoms with Crippen LogP contribution in [0.25, 0.3) is 11.1 Å². The van der Waals surface area contributed by atoms with Gasteiger partial charge in [-0.1, -0.05) is 6.92 Å². The third-order valence-corrected chi connectivity index (χ3v) is 8.23. The number of likely N-dealkylation sites (N-methyl/N-ethyl adjacent to an activating group) is 1. The van der Waals surface area contributed by atoms with Gasteiger partial charge in [-0.25, -0.2) is 4.39 Å². The van der Waals surface area contributed by atoms with Gasteiger partial charge in [0.15, 0.2) is 11.6 Å². The van der Waals surface area contributed by atoms with Crippen LogP contribution in [0.5, 0.6) is 11.5 Å². The fraction of sp³-hybridized carbons (Fsp3) is 0.474. The molecule has 46 heavy (non-hydrogen) atoms. The van der Waals surface area contributed by atoms with E-state index in [1.807, 2.05) is 6.92 Å². The molecule has 7 nitrogen and oxygen atoms in total. The second-order valence-electron chi connectivity index (χ2n) is 13.4. The Morgan fingerprint density at radius 2 is 1.67 bits per heavy atom. The molecule has 2 aliphatic heterocycles. The monoisotopic (exact) mass is 637 g/mol. The number of rotatable bonds is 4. The van der Waals surface area contributed by atoms with Crippen molar-refractivity contribution in [1.82, 2.24) is 0 Å². The second kappa shape index (κ2) is 16.1. The smallest absolute Gasteiger partial charge is 0.290 e. The van der Waals surface area contributed by atoms with Crippen molar-refractivity contribution in [3.8, 4) is 22.6 Å². The maximum atomic E-state index is 15.0. The number of aliphatic hydroxyl groups is 1. The van der Waals surface area contributed by atoms with Crippen LogP contribution in [0.4, 0.5) is 10.1 Å². The summed E-state index contributed by atoms with van der Waals surface area (Å²) in [6, 6.07) is 9.36. The Morgan fingerprint density at radius 1 is 1.07 bits per heavy atom. The Balaban J connectivity index is 0.000000319. The molecule has 0 saturated carbocycles. The van der Waals surface area contributed by atoms with Gasteiger partial charge in [0.05, 0.1) is 19.3 Å². The number of carboxylic acid groups (broad SMARTS) is 1. The van der Waals surface area contributed by atoms with Gasteiger partial charge in [-0.3, -0.25) is 9.59 Å². The predicted molar refractivity (Wildman–Crippen MR) is 184 cm³/mol. The van der Waals surface area contributed by atoms with Crippen LogP contribution in [0.15, 0.2) is 30.3 Å². The maximum Gasteiger partial charge on any atom is 0.290 e. The van der Waals surface area contributed by atoms with E-state index in [1.165, 1.54) is 33.5 Å². The summed E-state index contributed by atoms with van der Waals surface area (Å²) in [5.74, 6) is 1.08. The molecule has 3 aromatic carbocycles. The Hall–Kier alpha value is -3.91. The second-order valence-corrected chi connectivity index (χ2v) is 13.4. The van der Waals surface area contributed by atoms with Gasteiger partial charge in [0.1, 0.15) is 12.0 Å². The van der Waals surface area contributed by atoms with Crippen LogP contribution in [0.1, 0.15) is 91.7 Å². The Bertz CT molecular complexity index is 1520. The van der Waals surface area contributed by atoms with Crippen molar-refractivity contribution in [2.75, 3.05) is 25.7 Å². The summed E-state index contributed by atoms with van der Waals surface area (Å²) in [6.45, 7) is 18.6. The molecule has 0 saturated heterocycles. The SMILES string of the molecule is CC(C)(C)O.CCc1c(C)cc2c(c1-c1cc(F)c3c(c1C)CCCO3)CC(C)(C)N2C.COc1ccc(C=O)cc1C.O=CO. The van der Waals surface area contributed by atoms with E-state index in [0.717, 1.165) is 54.4 Å². The molecule has 2 N–H and O–H groups in total. The minimum absolute atomic E-state index is 0.0691. The third-order valence-electron chi connectivity index (χ3n) is 8.23. The number of anilines is 1. The number of halogens is 1. The molecule has 2 aliphatic rings. The lowest BCUT2D eigenvalue weighted by Crippen LogP contribution is -2.37. The summed E-state index contributed by atoms with van der Waals surface area (Å²) in [7, 11) is 3.79. The Labute approximate surface area is 274 Å². The van der Waals surface area contributed by atoms with Crippen molar-refractivity contribution in [3.63, 3.8) is 0 Å². The topological polar surface area (TPSA) is 96.3 Å². The minimum Gasteiger partial charge on any atom is -0.496 e. The Morgan fingerprint density at radius 3 is 2.20 bits per heavy atom. The summed E-state index contributed by atoms with van der Waals surface area (Å²) in [5, 5.41) is 15.4. The number of hydrogen-bond acceptors (Lipinski definition) is 6. The standard InChI is InChI=1S/C24H30FNO.C9H10O2.C4H10O.CH2O2/c1-7-16-14(2)11-21-19(13-24(4,5)26(21)6)22(16)18-12-20(25)23-17(15(18)3)9-8-10-27-23;1-7-5-8(6-10)3-4-9(7)11-2;1-4(2,3)5;2-1-3/h11-12H,7-10,13H2,1-6H3;3-6H,1-2H3;5H,1-3H3;1H,(H,2,3). The number of aldehydes is 1. The lowest BCUT2D eigenvalue weighted by molar-refractivity contribution is -0.122. The van der Waals surface area contributed by atoms with Gasteiger partial charge in [-0.2, -0.15) is 0 Å². The van der Waals surface area contributed by atoms with Crippen molar-refractivity contribution >= 4 is 18.4 Å². The Kier molecular flexibility index (Phi) is 13.4. The van der Waals surface area contributed by atoms with Crippen LogP contribution in [-0.4, -0.2) is 54.9 Å². The van der Waals surface area contributed by atoms with Crippen molar-refractivity contribution in [1.29, 1.82) is 0 Å². The molecule has 0 spiro atoms. The summed E-state index contributed by atoms with van der Waals surface area (Å²) < 4.78 is 25.7. The number of nitrogens with zero attached hydrogens (tertiary/aromatic N) is 1. The lowest BCUT2D eigenvalue weighted by Gasteiger charge is -2.30. The average molecular weight is 638 g/mol. The third kappa shape index (κ3) is 9.32. The van der Waals surface area contributed by atoms with Gasteiger partial charge >= 0.3 is 0 Å². The number of ether oxygens (including phenoxy) is 2. The normalized spacial score (nSPS) is 14.1. The highest BCUT2D eigenvalue weighted by molar-refractivity contribution is 5.84. The van der Waals surface area contributed by atoms with E-state index in [2.05, 4.69) is 52.6 Å². The summed E-state index contributed by atoms with van der Waals surface area (Å²) >= 11 is 0. The molecule has 0 atom stereocenters. The van der Waals surface area contributed by atoms with Crippen LogP contribution in [0, 0.1) is 26.6 Å². The highest BCUT2D eigenvalue weighted by Gasteiger charge is 2.37. The molecule has 0 amide bonds. The van der Waals surface area contributed by atoms with Gasteiger partial charge in [0.2, 0.25) is 0 Å². The molecule has 0 bridgehead atoms. The quantitative estimate of drug-likeness (QED) is 0.279. The molecule has 0 aliphatic carbocycles. The van der Waals surface area contributed by atoms with Crippen molar-refractivity contribution in [2.24, 2.45) is 0 Å². The first-order chi connectivity index (χ1) is 21.4. The van der Waals surface area contributed by atoms with Crippen LogP contribution in [0.3, 0.4) is 0 Å². The van der Waals surface area contributed by atoms with Crippen molar-refractivity contribution in [2.45, 2.75) is 99.1 Å². The first-order valence-electron chi connectivity index (χ1n) is 15.7. The molecule has 5 rings (SSSR count). The lowest BCUT2D eigenvalue weighted by atomic mass is 9.83. The molecule has 0 unspecified atom stereocenters. The van der Waals surface area contributed by atoms with Crippen molar-refractivity contribution in [3.05, 3.63) is 75.1 Å². The fourth-order valence-corrected chi connectivity index (χ4v) is 5.92. The molecule has 8 heteroatoms. The number of methoxy groups -OCH3 is 1. The van der Waals surface area contributed by atoms with Gasteiger partial charge in [-0.15, -0.1) is 0 Å². The first kappa shape index (κ1) is 38.3. The number of aryl methyl sites for hydroxylation is 2. The molecule has 2 heterocycles. The number of benzene rings is 3. The molecule has 0 aromatic heterocycles. The summed E-state index contributed by atoms with van der Waals surface area (Å²) in [6.07, 6.45) is 4.61. The van der Waals surface area contributed by atoms with E-state index in [1.54, 1.807) is 52.1 Å². The van der Waals surface area contributed by atoms with Crippen LogP contribution < -0.4 is 14.4 Å². The van der Waals surface area contributed by atoms with E-state index in [-0.39, 0.29) is 17.8 Å². The zero-order valence-corrected chi connectivity index (χ0v) is 29.4. The van der Waals surface area contributed by atoms with Crippen LogP contribution >= 0.6 is 0 Å². The highest BCUT2D eigenvalue weighted by atomic mass is 19.1. The highest BCUT2D eigenvalue weighted by Crippen LogP contribution is 2.48. The number of carbonyl (C=O) groups is 2.